The molecule has 0 radical (unpaired) electrons. The minimum Gasteiger partial charge on any atom is -0.311 e. The molecule has 2 aliphatic heterocycles. The van der Waals surface area contributed by atoms with E-state index in [2.05, 4.69) is 27.2 Å². The Morgan fingerprint density at radius 2 is 1.86 bits per heavy atom. The number of aromatic nitrogens is 2. The van der Waals surface area contributed by atoms with E-state index < -0.39 is 0 Å². The third-order valence-electron chi connectivity index (χ3n) is 5.84. The maximum absolute atomic E-state index is 14.4. The monoisotopic (exact) mass is 409 g/mol. The van der Waals surface area contributed by atoms with Crippen molar-refractivity contribution in [3.05, 3.63) is 32.8 Å². The summed E-state index contributed by atoms with van der Waals surface area (Å²) in [6, 6.07) is 3.78. The van der Waals surface area contributed by atoms with Gasteiger partial charge < -0.3 is 4.57 Å². The van der Waals surface area contributed by atoms with Gasteiger partial charge in [0.05, 0.1) is 10.9 Å². The minimum absolute atomic E-state index is 0.307. The highest BCUT2D eigenvalue weighted by Crippen LogP contribution is 2.52. The van der Waals surface area contributed by atoms with Gasteiger partial charge >= 0.3 is 0 Å². The summed E-state index contributed by atoms with van der Waals surface area (Å²) in [6.07, 6.45) is 6.06. The summed E-state index contributed by atoms with van der Waals surface area (Å²) in [4.78, 5) is 4.85. The Kier molecular flexibility index (Phi) is 2.77. The van der Waals surface area contributed by atoms with Gasteiger partial charge in [0, 0.05) is 15.5 Å². The first-order chi connectivity index (χ1) is 10.6. The largest absolute Gasteiger partial charge is 0.311 e. The van der Waals surface area contributed by atoms with Crippen molar-refractivity contribution >= 4 is 33.5 Å². The second-order valence-electron chi connectivity index (χ2n) is 7.23. The quantitative estimate of drug-likeness (QED) is 0.654. The first kappa shape index (κ1) is 13.5. The van der Waals surface area contributed by atoms with E-state index in [0.717, 1.165) is 34.1 Å². The molecule has 0 amide bonds. The molecule has 2 aromatic rings. The van der Waals surface area contributed by atoms with E-state index in [0.29, 0.717) is 28.4 Å². The molecule has 114 valence electrons. The van der Waals surface area contributed by atoms with Crippen LogP contribution in [0.15, 0.2) is 12.1 Å². The molecule has 2 saturated carbocycles. The van der Waals surface area contributed by atoms with Crippen molar-refractivity contribution in [3.8, 4) is 0 Å². The van der Waals surface area contributed by atoms with Crippen LogP contribution in [0, 0.1) is 26.6 Å². The average Bonchev–Trinajstić information content (AvgIpc) is 2.60. The van der Waals surface area contributed by atoms with Crippen LogP contribution >= 0.6 is 22.6 Å². The lowest BCUT2D eigenvalue weighted by Gasteiger charge is -2.37. The number of hydrogen-bond donors (Lipinski definition) is 1. The first-order valence-corrected chi connectivity index (χ1v) is 9.14. The van der Waals surface area contributed by atoms with Gasteiger partial charge in [-0.25, -0.2) is 9.37 Å². The van der Waals surface area contributed by atoms with Crippen LogP contribution in [0.2, 0.25) is 0 Å². The molecular formula is C17H17FIN3. The van der Waals surface area contributed by atoms with Crippen molar-refractivity contribution in [2.45, 2.75) is 44.1 Å². The molecule has 6 rings (SSSR count). The van der Waals surface area contributed by atoms with E-state index in [-0.39, 0.29) is 5.82 Å². The van der Waals surface area contributed by atoms with Crippen LogP contribution in [0.1, 0.15) is 49.9 Å². The van der Waals surface area contributed by atoms with Gasteiger partial charge in [-0.1, -0.05) is 0 Å². The number of fused-ring (bicyclic) bond motifs is 1. The van der Waals surface area contributed by atoms with Gasteiger partial charge in [0.25, 0.3) is 0 Å². The molecule has 0 saturated heterocycles. The van der Waals surface area contributed by atoms with Crippen LogP contribution in [0.25, 0.3) is 10.9 Å². The van der Waals surface area contributed by atoms with Gasteiger partial charge in [-0.3, -0.25) is 5.41 Å². The fraction of sp³-hybridized carbons (Fsp3) is 0.529. The second-order valence-corrected chi connectivity index (χ2v) is 8.48. The summed E-state index contributed by atoms with van der Waals surface area (Å²) in [6.45, 7) is 0. The van der Waals surface area contributed by atoms with E-state index >= 15 is 0 Å². The van der Waals surface area contributed by atoms with Gasteiger partial charge in [0.1, 0.15) is 17.1 Å². The Bertz CT molecular complexity index is 845. The number of hydrogen-bond acceptors (Lipinski definition) is 2. The van der Waals surface area contributed by atoms with Crippen molar-refractivity contribution in [1.82, 2.24) is 9.55 Å². The van der Waals surface area contributed by atoms with E-state index in [1.54, 1.807) is 0 Å². The third kappa shape index (κ3) is 1.77. The maximum Gasteiger partial charge on any atom is 0.138 e. The molecule has 1 N–H and O–H groups in total. The van der Waals surface area contributed by atoms with Gasteiger partial charge in [-0.05, 0) is 78.7 Å². The zero-order valence-corrected chi connectivity index (χ0v) is 14.3. The van der Waals surface area contributed by atoms with Crippen molar-refractivity contribution < 1.29 is 4.39 Å². The van der Waals surface area contributed by atoms with Crippen molar-refractivity contribution in [1.29, 1.82) is 5.41 Å². The molecular weight excluding hydrogens is 392 g/mol. The predicted octanol–water partition coefficient (Wildman–Crippen LogP) is 4.11. The fourth-order valence-corrected chi connectivity index (χ4v) is 5.76. The van der Waals surface area contributed by atoms with Crippen LogP contribution < -0.4 is 5.49 Å². The second kappa shape index (κ2) is 4.52. The topological polar surface area (TPSA) is 41.7 Å². The summed E-state index contributed by atoms with van der Waals surface area (Å²) >= 11 is 2.12. The molecule has 1 aromatic carbocycles. The zero-order chi connectivity index (χ0) is 15.0. The Morgan fingerprint density at radius 1 is 1.14 bits per heavy atom. The summed E-state index contributed by atoms with van der Waals surface area (Å²) in [5.41, 5.74) is 0.994. The highest BCUT2D eigenvalue weighted by Gasteiger charge is 2.43. The standard InChI is InChI=1S/C17H17FIN3/c18-13-6-11(19)7-14-15(13)16(20)22-12-4-8-1-9(5-12)3-10(2-8)17(22)21-14/h6-10,12,20H,1-5H2. The van der Waals surface area contributed by atoms with Crippen molar-refractivity contribution in [3.63, 3.8) is 0 Å². The zero-order valence-electron chi connectivity index (χ0n) is 12.1. The van der Waals surface area contributed by atoms with Crippen LogP contribution in [0.3, 0.4) is 0 Å². The van der Waals surface area contributed by atoms with Crippen molar-refractivity contribution in [2.75, 3.05) is 0 Å². The Labute approximate surface area is 141 Å². The lowest BCUT2D eigenvalue weighted by molar-refractivity contribution is 0.150. The molecule has 2 atom stereocenters. The lowest BCUT2D eigenvalue weighted by Crippen LogP contribution is -2.31. The molecule has 2 unspecified atom stereocenters. The molecule has 3 heterocycles. The summed E-state index contributed by atoms with van der Waals surface area (Å²) in [5, 5.41) is 9.03. The lowest BCUT2D eigenvalue weighted by atomic mass is 9.68. The van der Waals surface area contributed by atoms with Crippen LogP contribution in [-0.2, 0) is 0 Å². The van der Waals surface area contributed by atoms with Crippen LogP contribution in [0.4, 0.5) is 4.39 Å². The van der Waals surface area contributed by atoms with Gasteiger partial charge in [0.2, 0.25) is 0 Å². The number of benzene rings is 1. The predicted molar refractivity (Wildman–Crippen MR) is 90.1 cm³/mol. The Hall–Kier alpha value is -0.980. The third-order valence-corrected chi connectivity index (χ3v) is 6.46. The summed E-state index contributed by atoms with van der Waals surface area (Å²) in [5.74, 6) is 2.76. The molecule has 5 heteroatoms. The molecule has 4 bridgehead atoms. The van der Waals surface area contributed by atoms with E-state index in [1.807, 2.05) is 6.07 Å². The van der Waals surface area contributed by atoms with E-state index in [1.165, 1.54) is 25.3 Å². The maximum atomic E-state index is 14.4. The number of rotatable bonds is 0. The molecule has 1 aromatic heterocycles. The van der Waals surface area contributed by atoms with E-state index in [4.69, 9.17) is 10.4 Å². The Morgan fingerprint density at radius 3 is 2.59 bits per heavy atom. The van der Waals surface area contributed by atoms with Gasteiger partial charge in [0.15, 0.2) is 0 Å². The van der Waals surface area contributed by atoms with Crippen molar-refractivity contribution in [2.24, 2.45) is 11.8 Å². The van der Waals surface area contributed by atoms with Gasteiger partial charge in [-0.2, -0.15) is 0 Å². The summed E-state index contributed by atoms with van der Waals surface area (Å²) in [7, 11) is 0. The van der Waals surface area contributed by atoms with Crippen LogP contribution in [0.5, 0.6) is 0 Å². The number of halogens is 2. The minimum atomic E-state index is -0.307. The van der Waals surface area contributed by atoms with Gasteiger partial charge in [-0.15, -0.1) is 0 Å². The fourth-order valence-electron chi connectivity index (χ4n) is 5.19. The average molecular weight is 409 g/mol. The number of nitrogens with one attached hydrogen (secondary N) is 1. The highest BCUT2D eigenvalue weighted by molar-refractivity contribution is 14.1. The molecule has 3 nitrogen and oxygen atoms in total. The van der Waals surface area contributed by atoms with Crippen LogP contribution in [-0.4, -0.2) is 9.55 Å². The Balaban J connectivity index is 1.87. The first-order valence-electron chi connectivity index (χ1n) is 8.06. The SMILES string of the molecule is N=c1c2c(F)cc(I)cc2nc2n1C1CC3CC(CC2C3)C1. The van der Waals surface area contributed by atoms with E-state index in [9.17, 15) is 4.39 Å². The normalized spacial score (nSPS) is 32.3. The molecule has 4 aliphatic rings. The molecule has 0 spiro atoms. The molecule has 22 heavy (non-hydrogen) atoms. The molecule has 2 aliphatic carbocycles. The smallest absolute Gasteiger partial charge is 0.138 e. The summed E-state index contributed by atoms with van der Waals surface area (Å²) < 4.78 is 17.4. The highest BCUT2D eigenvalue weighted by atomic mass is 127. The molecule has 2 fully saturated rings. The number of nitrogens with zero attached hydrogens (tertiary/aromatic N) is 2.